The van der Waals surface area contributed by atoms with Crippen LogP contribution in [0.3, 0.4) is 0 Å². The quantitative estimate of drug-likeness (QED) is 0.744. The summed E-state index contributed by atoms with van der Waals surface area (Å²) in [5, 5.41) is 27.6. The summed E-state index contributed by atoms with van der Waals surface area (Å²) in [6, 6.07) is 9.33. The Bertz CT molecular complexity index is 894. The number of nitrogens with one attached hydrogen (secondary N) is 3. The molecular formula is C16H13N5O2. The van der Waals surface area contributed by atoms with Gasteiger partial charge in [0, 0.05) is 11.4 Å². The van der Waals surface area contributed by atoms with Gasteiger partial charge in [0.15, 0.2) is 0 Å². The summed E-state index contributed by atoms with van der Waals surface area (Å²) in [5.41, 5.74) is 1.34. The Morgan fingerprint density at radius 1 is 1.48 bits per heavy atom. The maximum absolute atomic E-state index is 13.0. The van der Waals surface area contributed by atoms with Gasteiger partial charge < -0.3 is 10.1 Å². The van der Waals surface area contributed by atoms with Gasteiger partial charge in [-0.3, -0.25) is 15.3 Å². The summed E-state index contributed by atoms with van der Waals surface area (Å²) >= 11 is 0. The Labute approximate surface area is 131 Å². The van der Waals surface area contributed by atoms with Gasteiger partial charge in [-0.15, -0.1) is 5.10 Å². The van der Waals surface area contributed by atoms with Crippen molar-refractivity contribution in [2.24, 2.45) is 5.92 Å². The summed E-state index contributed by atoms with van der Waals surface area (Å²) in [4.78, 5) is 13.0. The minimum Gasteiger partial charge on any atom is -0.422 e. The number of hydrogen-bond donors (Lipinski definition) is 3. The highest BCUT2D eigenvalue weighted by molar-refractivity contribution is 6.13. The van der Waals surface area contributed by atoms with Gasteiger partial charge >= 0.3 is 0 Å². The molecule has 7 heteroatoms. The van der Waals surface area contributed by atoms with E-state index in [1.54, 1.807) is 6.07 Å². The Kier molecular flexibility index (Phi) is 2.60. The van der Waals surface area contributed by atoms with Crippen molar-refractivity contribution in [1.29, 1.82) is 10.7 Å². The first kappa shape index (κ1) is 13.5. The first-order valence-electron chi connectivity index (χ1n) is 7.29. The molecule has 3 heterocycles. The number of aryl methyl sites for hydroxylation is 1. The van der Waals surface area contributed by atoms with E-state index in [1.807, 2.05) is 25.1 Å². The number of amides is 1. The van der Waals surface area contributed by atoms with E-state index in [4.69, 9.17) is 10.1 Å². The summed E-state index contributed by atoms with van der Waals surface area (Å²) in [6.45, 7) is 1.93. The van der Waals surface area contributed by atoms with Crippen LogP contribution in [-0.4, -0.2) is 22.0 Å². The average Bonchev–Trinajstić information content (AvgIpc) is 3.08. The fourth-order valence-corrected chi connectivity index (χ4v) is 3.57. The van der Waals surface area contributed by atoms with Crippen molar-refractivity contribution in [1.82, 2.24) is 10.2 Å². The molecule has 2 unspecified atom stereocenters. The van der Waals surface area contributed by atoms with Crippen LogP contribution in [0.4, 0.5) is 5.69 Å². The van der Waals surface area contributed by atoms with Gasteiger partial charge in [-0.2, -0.15) is 5.26 Å². The summed E-state index contributed by atoms with van der Waals surface area (Å²) < 4.78 is 5.41. The molecule has 0 aliphatic carbocycles. The van der Waals surface area contributed by atoms with E-state index in [2.05, 4.69) is 21.6 Å². The smallest absolute Gasteiger partial charge is 0.244 e. The highest BCUT2D eigenvalue weighted by atomic mass is 16.5. The second kappa shape index (κ2) is 4.43. The first-order valence-corrected chi connectivity index (χ1v) is 7.29. The highest BCUT2D eigenvalue weighted by Gasteiger charge is 2.61. The molecule has 0 radical (unpaired) electrons. The van der Waals surface area contributed by atoms with Crippen molar-refractivity contribution in [3.8, 4) is 11.9 Å². The molecule has 1 amide bonds. The zero-order chi connectivity index (χ0) is 16.2. The summed E-state index contributed by atoms with van der Waals surface area (Å²) in [6.07, 6.45) is 0.606. The first-order chi connectivity index (χ1) is 11.1. The average molecular weight is 307 g/mol. The lowest BCUT2D eigenvalue weighted by Gasteiger charge is -2.35. The molecule has 2 aromatic rings. The van der Waals surface area contributed by atoms with E-state index >= 15 is 0 Å². The second-order valence-electron chi connectivity index (χ2n) is 5.57. The molecule has 1 aromatic carbocycles. The molecule has 0 bridgehead atoms. The number of para-hydroxylation sites is 1. The molecular weight excluding hydrogens is 294 g/mol. The lowest BCUT2D eigenvalue weighted by atomic mass is 9.65. The van der Waals surface area contributed by atoms with Gasteiger partial charge in [0.1, 0.15) is 11.3 Å². The van der Waals surface area contributed by atoms with Crippen LogP contribution in [0.1, 0.15) is 23.7 Å². The van der Waals surface area contributed by atoms with Gasteiger partial charge in [0.05, 0.1) is 11.6 Å². The minimum atomic E-state index is -1.30. The maximum Gasteiger partial charge on any atom is 0.244 e. The maximum atomic E-state index is 13.0. The Hall–Kier alpha value is -3.14. The van der Waals surface area contributed by atoms with Crippen LogP contribution in [0.5, 0.6) is 5.88 Å². The zero-order valence-corrected chi connectivity index (χ0v) is 12.3. The van der Waals surface area contributed by atoms with Crippen molar-refractivity contribution < 1.29 is 9.53 Å². The number of aromatic nitrogens is 2. The number of ether oxygens (including phenoxy) is 1. The van der Waals surface area contributed by atoms with E-state index in [-0.39, 0.29) is 17.7 Å². The fourth-order valence-electron chi connectivity index (χ4n) is 3.57. The molecule has 0 saturated heterocycles. The predicted molar refractivity (Wildman–Crippen MR) is 81.3 cm³/mol. The molecule has 1 aromatic heterocycles. The van der Waals surface area contributed by atoms with Crippen molar-refractivity contribution in [2.45, 2.75) is 18.8 Å². The number of aromatic amines is 1. The molecule has 3 N–H and O–H groups in total. The molecule has 1 spiro atoms. The predicted octanol–water partition coefficient (Wildman–Crippen LogP) is 1.72. The molecule has 4 rings (SSSR count). The van der Waals surface area contributed by atoms with Crippen LogP contribution in [-0.2, 0) is 16.6 Å². The Morgan fingerprint density at radius 3 is 3.00 bits per heavy atom. The normalized spacial score (nSPS) is 24.6. The zero-order valence-electron chi connectivity index (χ0n) is 12.3. The van der Waals surface area contributed by atoms with Crippen LogP contribution >= 0.6 is 0 Å². The third kappa shape index (κ3) is 1.45. The molecule has 2 aliphatic heterocycles. The van der Waals surface area contributed by atoms with E-state index in [0.717, 1.165) is 5.69 Å². The number of H-pyrrole nitrogens is 1. The van der Waals surface area contributed by atoms with Gasteiger partial charge in [-0.25, -0.2) is 0 Å². The van der Waals surface area contributed by atoms with Crippen molar-refractivity contribution >= 4 is 17.5 Å². The van der Waals surface area contributed by atoms with Gasteiger partial charge in [0.2, 0.25) is 17.7 Å². The monoisotopic (exact) mass is 307 g/mol. The number of nitriles is 1. The van der Waals surface area contributed by atoms with Gasteiger partial charge in [-0.1, -0.05) is 25.1 Å². The molecule has 23 heavy (non-hydrogen) atoms. The summed E-state index contributed by atoms with van der Waals surface area (Å²) in [5.74, 6) is -1.43. The second-order valence-corrected chi connectivity index (χ2v) is 5.57. The van der Waals surface area contributed by atoms with E-state index < -0.39 is 11.3 Å². The number of fused-ring (bicyclic) bond motifs is 4. The third-order valence-corrected chi connectivity index (χ3v) is 4.55. The summed E-state index contributed by atoms with van der Waals surface area (Å²) in [7, 11) is 0. The van der Waals surface area contributed by atoms with E-state index in [9.17, 15) is 10.1 Å². The fraction of sp³-hybridized carbons (Fsp3) is 0.250. The van der Waals surface area contributed by atoms with Crippen molar-refractivity contribution in [2.75, 3.05) is 5.32 Å². The molecule has 0 fully saturated rings. The SMILES string of the molecule is CCc1[nH]nc2c1C1(C(=O)Nc3ccccc31)C(C#N)C(=N)O2. The number of nitrogens with zero attached hydrogens (tertiary/aromatic N) is 2. The van der Waals surface area contributed by atoms with Crippen molar-refractivity contribution in [3.63, 3.8) is 0 Å². The number of benzene rings is 1. The molecule has 0 saturated carbocycles. The molecule has 2 aliphatic rings. The molecule has 7 nitrogen and oxygen atoms in total. The van der Waals surface area contributed by atoms with Gasteiger partial charge in [0.25, 0.3) is 0 Å². The number of carbonyl (C=O) groups excluding carboxylic acids is 1. The number of anilines is 1. The van der Waals surface area contributed by atoms with Crippen molar-refractivity contribution in [3.05, 3.63) is 41.1 Å². The Balaban J connectivity index is 2.14. The van der Waals surface area contributed by atoms with Crippen LogP contribution in [0.15, 0.2) is 24.3 Å². The lowest BCUT2D eigenvalue weighted by molar-refractivity contribution is -0.120. The van der Waals surface area contributed by atoms with Crippen LogP contribution < -0.4 is 10.1 Å². The highest BCUT2D eigenvalue weighted by Crippen LogP contribution is 2.53. The lowest BCUT2D eigenvalue weighted by Crippen LogP contribution is -2.50. The third-order valence-electron chi connectivity index (χ3n) is 4.55. The minimum absolute atomic E-state index is 0.199. The largest absolute Gasteiger partial charge is 0.422 e. The molecule has 114 valence electrons. The van der Waals surface area contributed by atoms with E-state index in [1.165, 1.54) is 0 Å². The van der Waals surface area contributed by atoms with E-state index in [0.29, 0.717) is 23.2 Å². The Morgan fingerprint density at radius 2 is 2.26 bits per heavy atom. The van der Waals surface area contributed by atoms with Gasteiger partial charge in [-0.05, 0) is 18.1 Å². The molecule has 2 atom stereocenters. The topological polar surface area (TPSA) is 115 Å². The number of carbonyl (C=O) groups is 1. The van der Waals surface area contributed by atoms with Crippen LogP contribution in [0, 0.1) is 22.7 Å². The number of rotatable bonds is 1. The van der Waals surface area contributed by atoms with Crippen LogP contribution in [0.25, 0.3) is 0 Å². The number of hydrogen-bond acceptors (Lipinski definition) is 5. The standard InChI is InChI=1S/C16H13N5O2/c1-2-10-12-14(21-20-10)23-13(18)9(7-17)16(12)8-5-3-4-6-11(8)19-15(16)22/h3-6,9,18H,2H2,1H3,(H,19,22)(H,20,21). The van der Waals surface area contributed by atoms with Crippen LogP contribution in [0.2, 0.25) is 0 Å².